The standard InChI is InChI=1S/C34H41F3N8OS/c1-22-23(5-6-29-27(22)15-25(18-38)45(29)20-30(46)43-11-13-44(14-12-43)33(2,3)4)19-42-9-7-24(8-10-42)41-31-28-16-26(17-34(35,36)37)47-32(28)40-21-39-31/h5-6,15-16,21,24H,7-14,17,19-20H2,1-4H3,(H,39,40,41). The summed E-state index contributed by atoms with van der Waals surface area (Å²) in [6.45, 7) is 14.3. The lowest BCUT2D eigenvalue weighted by molar-refractivity contribution is -0.134. The van der Waals surface area contributed by atoms with Gasteiger partial charge in [-0.3, -0.25) is 14.6 Å². The van der Waals surface area contributed by atoms with Crippen LogP contribution >= 0.6 is 11.3 Å². The molecule has 0 unspecified atom stereocenters. The van der Waals surface area contributed by atoms with Crippen molar-refractivity contribution in [2.24, 2.45) is 0 Å². The van der Waals surface area contributed by atoms with E-state index in [0.717, 1.165) is 73.4 Å². The topological polar surface area (TPSA) is 93.3 Å². The van der Waals surface area contributed by atoms with Gasteiger partial charge in [0.15, 0.2) is 0 Å². The molecule has 2 aliphatic rings. The van der Waals surface area contributed by atoms with Crippen LogP contribution < -0.4 is 5.32 Å². The average Bonchev–Trinajstić information content (AvgIpc) is 3.59. The maximum atomic E-state index is 13.3. The van der Waals surface area contributed by atoms with Crippen LogP contribution in [-0.2, 0) is 24.3 Å². The third kappa shape index (κ3) is 7.40. The number of nitrogens with one attached hydrogen (secondary N) is 1. The first kappa shape index (κ1) is 33.2. The number of aromatic nitrogens is 3. The highest BCUT2D eigenvalue weighted by molar-refractivity contribution is 7.18. The van der Waals surface area contributed by atoms with E-state index in [1.54, 1.807) is 6.07 Å². The van der Waals surface area contributed by atoms with E-state index in [4.69, 9.17) is 0 Å². The van der Waals surface area contributed by atoms with Crippen LogP contribution in [-0.4, -0.2) is 92.2 Å². The third-order valence-electron chi connectivity index (χ3n) is 9.53. The molecule has 1 amide bonds. The van der Waals surface area contributed by atoms with Crippen LogP contribution in [0.1, 0.15) is 55.3 Å². The summed E-state index contributed by atoms with van der Waals surface area (Å²) in [4.78, 5) is 29.4. The number of nitrogens with zero attached hydrogens (tertiary/aromatic N) is 7. The molecule has 0 bridgehead atoms. The van der Waals surface area contributed by atoms with Crippen molar-refractivity contribution in [1.82, 2.24) is 29.2 Å². The van der Waals surface area contributed by atoms with Gasteiger partial charge in [-0.25, -0.2) is 9.97 Å². The SMILES string of the molecule is Cc1c(CN2CCC(Nc3ncnc4sc(CC(F)(F)F)cc34)CC2)ccc2c1cc(C#N)n2CC(=O)N1CCN(C(C)(C)C)CC1. The Morgan fingerprint density at radius 3 is 2.43 bits per heavy atom. The van der Waals surface area contributed by atoms with Crippen molar-refractivity contribution in [3.63, 3.8) is 0 Å². The van der Waals surface area contributed by atoms with Gasteiger partial charge in [-0.05, 0) is 69.9 Å². The van der Waals surface area contributed by atoms with Crippen molar-refractivity contribution in [1.29, 1.82) is 5.26 Å². The first-order chi connectivity index (χ1) is 22.3. The molecule has 5 heterocycles. The predicted octanol–water partition coefficient (Wildman–Crippen LogP) is 5.95. The molecule has 2 aliphatic heterocycles. The van der Waals surface area contributed by atoms with Gasteiger partial charge in [0, 0.05) is 73.2 Å². The van der Waals surface area contributed by atoms with E-state index in [2.05, 4.69) is 64.9 Å². The number of rotatable bonds is 7. The summed E-state index contributed by atoms with van der Waals surface area (Å²) in [6, 6.07) is 10.1. The van der Waals surface area contributed by atoms with Gasteiger partial charge >= 0.3 is 6.18 Å². The highest BCUT2D eigenvalue weighted by Crippen LogP contribution is 2.33. The van der Waals surface area contributed by atoms with E-state index in [-0.39, 0.29) is 28.9 Å². The second-order valence-corrected chi connectivity index (χ2v) is 14.8. The highest BCUT2D eigenvalue weighted by atomic mass is 32.1. The van der Waals surface area contributed by atoms with Crippen molar-refractivity contribution >= 4 is 44.2 Å². The minimum Gasteiger partial charge on any atom is -0.367 e. The molecule has 0 saturated carbocycles. The lowest BCUT2D eigenvalue weighted by atomic mass is 10.0. The molecule has 0 atom stereocenters. The Bertz CT molecular complexity index is 1800. The summed E-state index contributed by atoms with van der Waals surface area (Å²) < 4.78 is 40.7. The van der Waals surface area contributed by atoms with Gasteiger partial charge in [-0.1, -0.05) is 6.07 Å². The fourth-order valence-corrected chi connectivity index (χ4v) is 7.82. The number of carbonyl (C=O) groups excluding carboxylic acids is 1. The molecule has 1 N–H and O–H groups in total. The Balaban J connectivity index is 1.08. The molecular formula is C34H41F3N8OS. The summed E-state index contributed by atoms with van der Waals surface area (Å²) >= 11 is 1.06. The fraction of sp³-hybridized carbons (Fsp3) is 0.529. The summed E-state index contributed by atoms with van der Waals surface area (Å²) in [5, 5.41) is 15.0. The Morgan fingerprint density at radius 1 is 1.04 bits per heavy atom. The second-order valence-electron chi connectivity index (χ2n) is 13.7. The van der Waals surface area contributed by atoms with Gasteiger partial charge in [0.1, 0.15) is 35.3 Å². The lowest BCUT2D eigenvalue weighted by Gasteiger charge is -2.42. The van der Waals surface area contributed by atoms with Crippen LogP contribution in [0.3, 0.4) is 0 Å². The largest absolute Gasteiger partial charge is 0.393 e. The van der Waals surface area contributed by atoms with Crippen molar-refractivity contribution in [2.45, 2.75) is 77.8 Å². The quantitative estimate of drug-likeness (QED) is 0.261. The number of aryl methyl sites for hydroxylation is 1. The van der Waals surface area contributed by atoms with E-state index < -0.39 is 12.6 Å². The van der Waals surface area contributed by atoms with E-state index in [1.165, 1.54) is 11.9 Å². The number of benzene rings is 1. The maximum Gasteiger partial charge on any atom is 0.393 e. The molecule has 6 rings (SSSR count). The van der Waals surface area contributed by atoms with Crippen LogP contribution in [0.2, 0.25) is 0 Å². The highest BCUT2D eigenvalue weighted by Gasteiger charge is 2.30. The molecule has 13 heteroatoms. The van der Waals surface area contributed by atoms with Crippen molar-refractivity contribution in [3.05, 3.63) is 52.3 Å². The molecule has 1 aromatic carbocycles. The van der Waals surface area contributed by atoms with E-state index in [1.807, 2.05) is 21.6 Å². The maximum absolute atomic E-state index is 13.3. The number of hydrogen-bond donors (Lipinski definition) is 1. The molecule has 2 saturated heterocycles. The molecular weight excluding hydrogens is 625 g/mol. The summed E-state index contributed by atoms with van der Waals surface area (Å²) in [6.07, 6.45) is -2.09. The number of piperazine rings is 1. The summed E-state index contributed by atoms with van der Waals surface area (Å²) in [5.41, 5.74) is 3.76. The van der Waals surface area contributed by atoms with Crippen LogP contribution in [0.4, 0.5) is 19.0 Å². The van der Waals surface area contributed by atoms with E-state index in [0.29, 0.717) is 34.8 Å². The average molecular weight is 667 g/mol. The van der Waals surface area contributed by atoms with Gasteiger partial charge in [-0.15, -0.1) is 11.3 Å². The molecule has 0 spiro atoms. The first-order valence-corrected chi connectivity index (χ1v) is 16.9. The predicted molar refractivity (Wildman–Crippen MR) is 178 cm³/mol. The number of hydrogen-bond acceptors (Lipinski definition) is 8. The van der Waals surface area contributed by atoms with Gasteiger partial charge in [0.05, 0.1) is 11.8 Å². The number of piperidine rings is 1. The number of amides is 1. The van der Waals surface area contributed by atoms with Gasteiger partial charge in [0.25, 0.3) is 0 Å². The molecule has 47 heavy (non-hydrogen) atoms. The fourth-order valence-electron chi connectivity index (χ4n) is 6.79. The zero-order valence-corrected chi connectivity index (χ0v) is 28.1. The number of fused-ring (bicyclic) bond motifs is 2. The summed E-state index contributed by atoms with van der Waals surface area (Å²) in [7, 11) is 0. The minimum absolute atomic E-state index is 0.0363. The van der Waals surface area contributed by atoms with E-state index >= 15 is 0 Å². The molecule has 250 valence electrons. The molecule has 3 aromatic heterocycles. The van der Waals surface area contributed by atoms with Gasteiger partial charge < -0.3 is 14.8 Å². The van der Waals surface area contributed by atoms with Gasteiger partial charge in [-0.2, -0.15) is 18.4 Å². The van der Waals surface area contributed by atoms with Crippen LogP contribution in [0.25, 0.3) is 21.1 Å². The normalized spacial score (nSPS) is 17.4. The van der Waals surface area contributed by atoms with Crippen molar-refractivity contribution in [2.75, 3.05) is 44.6 Å². The summed E-state index contributed by atoms with van der Waals surface area (Å²) in [5.74, 6) is 0.622. The number of likely N-dealkylation sites (tertiary alicyclic amines) is 1. The number of nitriles is 1. The Labute approximate surface area is 277 Å². The molecule has 4 aromatic rings. The van der Waals surface area contributed by atoms with Gasteiger partial charge in [0.2, 0.25) is 5.91 Å². The Hall–Kier alpha value is -3.73. The zero-order chi connectivity index (χ0) is 33.5. The van der Waals surface area contributed by atoms with Crippen LogP contribution in [0.15, 0.2) is 30.6 Å². The zero-order valence-electron chi connectivity index (χ0n) is 27.3. The third-order valence-corrected chi connectivity index (χ3v) is 10.6. The van der Waals surface area contributed by atoms with Crippen LogP contribution in [0, 0.1) is 18.3 Å². The monoisotopic (exact) mass is 666 g/mol. The Kier molecular flexibility index (Phi) is 9.21. The molecule has 0 radical (unpaired) electrons. The smallest absolute Gasteiger partial charge is 0.367 e. The Morgan fingerprint density at radius 2 is 1.77 bits per heavy atom. The minimum atomic E-state index is -4.26. The lowest BCUT2D eigenvalue weighted by Crippen LogP contribution is -2.55. The number of alkyl halides is 3. The first-order valence-electron chi connectivity index (χ1n) is 16.1. The van der Waals surface area contributed by atoms with Crippen LogP contribution in [0.5, 0.6) is 0 Å². The second kappa shape index (κ2) is 13.1. The number of halogens is 3. The van der Waals surface area contributed by atoms with Crippen molar-refractivity contribution in [3.8, 4) is 6.07 Å². The molecule has 2 fully saturated rings. The number of thiophene rings is 1. The van der Waals surface area contributed by atoms with E-state index in [9.17, 15) is 23.2 Å². The molecule has 0 aliphatic carbocycles. The van der Waals surface area contributed by atoms with Crippen molar-refractivity contribution < 1.29 is 18.0 Å². The number of anilines is 1. The molecule has 9 nitrogen and oxygen atoms in total. The number of carbonyl (C=O) groups is 1.